The molecule has 1 aromatic carbocycles. The van der Waals surface area contributed by atoms with E-state index < -0.39 is 5.97 Å². The van der Waals surface area contributed by atoms with E-state index in [1.54, 1.807) is 6.92 Å². The lowest BCUT2D eigenvalue weighted by Crippen LogP contribution is -1.99. The zero-order chi connectivity index (χ0) is 13.1. The molecule has 0 unspecified atom stereocenters. The molecule has 2 rings (SSSR count). The van der Waals surface area contributed by atoms with Gasteiger partial charge in [-0.3, -0.25) is 0 Å². The van der Waals surface area contributed by atoms with Crippen molar-refractivity contribution in [2.45, 2.75) is 26.7 Å². The Labute approximate surface area is 110 Å². The Balaban J connectivity index is 2.18. The van der Waals surface area contributed by atoms with Gasteiger partial charge < -0.3 is 5.11 Å². The molecular formula is C14H15NO2S. The quantitative estimate of drug-likeness (QED) is 0.918. The Morgan fingerprint density at radius 1 is 1.28 bits per heavy atom. The van der Waals surface area contributed by atoms with Gasteiger partial charge in [0.25, 0.3) is 0 Å². The van der Waals surface area contributed by atoms with Crippen LogP contribution in [0.25, 0.3) is 0 Å². The van der Waals surface area contributed by atoms with Crippen molar-refractivity contribution in [3.63, 3.8) is 0 Å². The fraction of sp³-hybridized carbons (Fsp3) is 0.286. The summed E-state index contributed by atoms with van der Waals surface area (Å²) < 4.78 is 0. The van der Waals surface area contributed by atoms with E-state index in [4.69, 9.17) is 5.11 Å². The van der Waals surface area contributed by atoms with Gasteiger partial charge in [0.15, 0.2) is 5.69 Å². The molecular weight excluding hydrogens is 246 g/mol. The van der Waals surface area contributed by atoms with Gasteiger partial charge in [-0.25, -0.2) is 9.78 Å². The summed E-state index contributed by atoms with van der Waals surface area (Å²) in [7, 11) is 0. The Kier molecular flexibility index (Phi) is 3.77. The summed E-state index contributed by atoms with van der Waals surface area (Å²) in [5, 5.41) is 9.81. The highest BCUT2D eigenvalue weighted by atomic mass is 32.1. The topological polar surface area (TPSA) is 50.2 Å². The molecule has 4 heteroatoms. The maximum Gasteiger partial charge on any atom is 0.355 e. The maximum absolute atomic E-state index is 10.9. The number of benzene rings is 1. The first-order valence-corrected chi connectivity index (χ1v) is 6.69. The van der Waals surface area contributed by atoms with Crippen LogP contribution in [0.1, 0.15) is 38.4 Å². The van der Waals surface area contributed by atoms with Crippen molar-refractivity contribution in [1.82, 2.24) is 4.98 Å². The molecule has 0 radical (unpaired) electrons. The smallest absolute Gasteiger partial charge is 0.355 e. The van der Waals surface area contributed by atoms with Gasteiger partial charge in [0.1, 0.15) is 0 Å². The molecule has 18 heavy (non-hydrogen) atoms. The predicted molar refractivity (Wildman–Crippen MR) is 72.4 cm³/mol. The zero-order valence-electron chi connectivity index (χ0n) is 10.4. The van der Waals surface area contributed by atoms with Crippen molar-refractivity contribution in [3.8, 4) is 0 Å². The number of aromatic carboxylic acids is 1. The summed E-state index contributed by atoms with van der Waals surface area (Å²) in [4.78, 5) is 15.8. The fourth-order valence-corrected chi connectivity index (χ4v) is 2.75. The molecule has 0 fully saturated rings. The van der Waals surface area contributed by atoms with E-state index >= 15 is 0 Å². The minimum atomic E-state index is -0.948. The predicted octanol–water partition coefficient (Wildman–Crippen LogP) is 3.30. The molecule has 2 aromatic rings. The molecule has 0 aliphatic rings. The second-order valence-corrected chi connectivity index (χ2v) is 5.45. The highest BCUT2D eigenvalue weighted by Gasteiger charge is 2.13. The lowest BCUT2D eigenvalue weighted by molar-refractivity contribution is 0.0690. The normalized spacial score (nSPS) is 10.6. The van der Waals surface area contributed by atoms with Crippen LogP contribution < -0.4 is 0 Å². The molecule has 1 heterocycles. The van der Waals surface area contributed by atoms with E-state index in [0.29, 0.717) is 6.42 Å². The van der Waals surface area contributed by atoms with Crippen LogP contribution in [-0.2, 0) is 12.8 Å². The Bertz CT molecular complexity index is 558. The number of aryl methyl sites for hydroxylation is 2. The molecule has 0 atom stereocenters. The van der Waals surface area contributed by atoms with Crippen molar-refractivity contribution in [2.75, 3.05) is 0 Å². The number of hydrogen-bond donors (Lipinski definition) is 1. The van der Waals surface area contributed by atoms with Crippen LogP contribution in [0.2, 0.25) is 0 Å². The minimum absolute atomic E-state index is 0.181. The maximum atomic E-state index is 10.9. The van der Waals surface area contributed by atoms with Crippen LogP contribution in [0.4, 0.5) is 0 Å². The van der Waals surface area contributed by atoms with E-state index in [1.165, 1.54) is 16.9 Å². The molecule has 0 bridgehead atoms. The Morgan fingerprint density at radius 2 is 1.89 bits per heavy atom. The number of rotatable bonds is 4. The van der Waals surface area contributed by atoms with Crippen LogP contribution in [0, 0.1) is 6.92 Å². The summed E-state index contributed by atoms with van der Waals surface area (Å²) in [6.07, 6.45) is 1.72. The van der Waals surface area contributed by atoms with Gasteiger partial charge in [-0.1, -0.05) is 31.2 Å². The van der Waals surface area contributed by atoms with Gasteiger partial charge in [-0.15, -0.1) is 11.3 Å². The van der Waals surface area contributed by atoms with Crippen molar-refractivity contribution in [2.24, 2.45) is 0 Å². The van der Waals surface area contributed by atoms with E-state index in [-0.39, 0.29) is 5.69 Å². The van der Waals surface area contributed by atoms with Crippen LogP contribution in [0.5, 0.6) is 0 Å². The monoisotopic (exact) mass is 261 g/mol. The third kappa shape index (κ3) is 2.76. The third-order valence-electron chi connectivity index (χ3n) is 2.83. The number of thiazole rings is 1. The second kappa shape index (κ2) is 5.31. The molecule has 94 valence electrons. The number of carboxylic acids is 1. The van der Waals surface area contributed by atoms with Crippen molar-refractivity contribution >= 4 is 17.3 Å². The minimum Gasteiger partial charge on any atom is -0.476 e. The molecule has 1 N–H and O–H groups in total. The van der Waals surface area contributed by atoms with Crippen molar-refractivity contribution in [1.29, 1.82) is 0 Å². The zero-order valence-corrected chi connectivity index (χ0v) is 11.3. The second-order valence-electron chi connectivity index (χ2n) is 4.16. The van der Waals surface area contributed by atoms with Gasteiger partial charge >= 0.3 is 5.97 Å². The molecule has 0 aliphatic carbocycles. The molecule has 3 nitrogen and oxygen atoms in total. The standard InChI is InChI=1S/C14H15NO2S/c1-3-10-4-6-11(7-5-10)8-12-15-13(14(16)17)9(2)18-12/h4-7H,3,8H2,1-2H3,(H,16,17). The van der Waals surface area contributed by atoms with Crippen LogP contribution in [0.3, 0.4) is 0 Å². The SMILES string of the molecule is CCc1ccc(Cc2nc(C(=O)O)c(C)s2)cc1. The number of nitrogens with zero attached hydrogens (tertiary/aromatic N) is 1. The first-order valence-electron chi connectivity index (χ1n) is 5.87. The van der Waals surface area contributed by atoms with Crippen LogP contribution >= 0.6 is 11.3 Å². The van der Waals surface area contributed by atoms with E-state index in [1.807, 2.05) is 0 Å². The number of carboxylic acid groups (broad SMARTS) is 1. The van der Waals surface area contributed by atoms with Gasteiger partial charge in [0.2, 0.25) is 0 Å². The first-order chi connectivity index (χ1) is 8.60. The van der Waals surface area contributed by atoms with E-state index in [2.05, 4.69) is 36.2 Å². The number of aromatic nitrogens is 1. The summed E-state index contributed by atoms with van der Waals surface area (Å²) in [5.41, 5.74) is 2.65. The summed E-state index contributed by atoms with van der Waals surface area (Å²) in [6, 6.07) is 8.37. The summed E-state index contributed by atoms with van der Waals surface area (Å²) in [6.45, 7) is 3.92. The Hall–Kier alpha value is -1.68. The van der Waals surface area contributed by atoms with E-state index in [9.17, 15) is 4.79 Å². The van der Waals surface area contributed by atoms with Gasteiger partial charge in [-0.05, 0) is 24.5 Å². The van der Waals surface area contributed by atoms with Crippen LogP contribution in [-0.4, -0.2) is 16.1 Å². The third-order valence-corrected chi connectivity index (χ3v) is 3.80. The van der Waals surface area contributed by atoms with Gasteiger partial charge in [0.05, 0.1) is 5.01 Å². The first kappa shape index (κ1) is 12.8. The molecule has 1 aromatic heterocycles. The number of hydrogen-bond acceptors (Lipinski definition) is 3. The number of carbonyl (C=O) groups is 1. The summed E-state index contributed by atoms with van der Waals surface area (Å²) >= 11 is 1.46. The van der Waals surface area contributed by atoms with E-state index in [0.717, 1.165) is 21.9 Å². The fourth-order valence-electron chi connectivity index (χ4n) is 1.79. The lowest BCUT2D eigenvalue weighted by atomic mass is 10.1. The van der Waals surface area contributed by atoms with Crippen molar-refractivity contribution in [3.05, 3.63) is 51.0 Å². The Morgan fingerprint density at radius 3 is 2.39 bits per heavy atom. The van der Waals surface area contributed by atoms with Crippen molar-refractivity contribution < 1.29 is 9.90 Å². The summed E-state index contributed by atoms with van der Waals surface area (Å²) in [5.74, 6) is -0.948. The average Bonchev–Trinajstić information content (AvgIpc) is 2.71. The molecule has 0 spiro atoms. The average molecular weight is 261 g/mol. The van der Waals surface area contributed by atoms with Gasteiger partial charge in [-0.2, -0.15) is 0 Å². The molecule has 0 aliphatic heterocycles. The van der Waals surface area contributed by atoms with Gasteiger partial charge in [0, 0.05) is 11.3 Å². The lowest BCUT2D eigenvalue weighted by Gasteiger charge is -2.00. The highest BCUT2D eigenvalue weighted by molar-refractivity contribution is 7.11. The van der Waals surface area contributed by atoms with Crippen LogP contribution in [0.15, 0.2) is 24.3 Å². The molecule has 0 saturated heterocycles. The highest BCUT2D eigenvalue weighted by Crippen LogP contribution is 2.20. The largest absolute Gasteiger partial charge is 0.476 e. The molecule has 0 amide bonds. The molecule has 0 saturated carbocycles.